The van der Waals surface area contributed by atoms with E-state index in [9.17, 15) is 9.59 Å². The molecule has 0 bridgehead atoms. The van der Waals surface area contributed by atoms with Gasteiger partial charge in [0.05, 0.1) is 5.56 Å². The molecule has 1 saturated heterocycles. The van der Waals surface area contributed by atoms with Gasteiger partial charge in [0.25, 0.3) is 11.8 Å². The topological polar surface area (TPSA) is 40.6 Å². The van der Waals surface area contributed by atoms with Crippen LogP contribution in [-0.4, -0.2) is 47.3 Å². The number of piperidine rings is 1. The zero-order valence-electron chi connectivity index (χ0n) is 18.1. The van der Waals surface area contributed by atoms with Crippen molar-refractivity contribution in [3.8, 4) is 0 Å². The molecular weight excluding hydrogens is 392 g/mol. The second kappa shape index (κ2) is 9.34. The highest BCUT2D eigenvalue weighted by Gasteiger charge is 2.32. The highest BCUT2D eigenvalue weighted by atomic mass is 32.1. The monoisotopic (exact) mass is 424 g/mol. The lowest BCUT2D eigenvalue weighted by Gasteiger charge is -2.38. The van der Waals surface area contributed by atoms with E-state index in [0.717, 1.165) is 55.7 Å². The van der Waals surface area contributed by atoms with Crippen molar-refractivity contribution in [2.75, 3.05) is 19.6 Å². The van der Waals surface area contributed by atoms with Crippen LogP contribution in [0, 0.1) is 5.92 Å². The summed E-state index contributed by atoms with van der Waals surface area (Å²) in [6.45, 7) is 6.66. The average molecular weight is 425 g/mol. The van der Waals surface area contributed by atoms with Crippen LogP contribution in [0.4, 0.5) is 0 Å². The first-order chi connectivity index (χ1) is 14.6. The fraction of sp³-hybridized carbons (Fsp3) is 0.520. The summed E-state index contributed by atoms with van der Waals surface area (Å²) < 4.78 is 0. The summed E-state index contributed by atoms with van der Waals surface area (Å²) in [6, 6.07) is 9.72. The van der Waals surface area contributed by atoms with Crippen LogP contribution in [0.5, 0.6) is 0 Å². The molecular formula is C25H32N2O2S. The number of carbonyl (C=O) groups is 2. The van der Waals surface area contributed by atoms with Crippen molar-refractivity contribution in [2.45, 2.75) is 58.4 Å². The number of fused-ring (bicyclic) bond motifs is 1. The molecule has 5 heteroatoms. The molecule has 1 unspecified atom stereocenters. The number of amides is 2. The quantitative estimate of drug-likeness (QED) is 0.675. The molecule has 1 aliphatic carbocycles. The molecule has 2 aromatic rings. The van der Waals surface area contributed by atoms with Crippen LogP contribution >= 0.6 is 11.3 Å². The lowest BCUT2D eigenvalue weighted by atomic mass is 9.88. The third kappa shape index (κ3) is 4.31. The minimum atomic E-state index is 0.100. The first-order valence-electron chi connectivity index (χ1n) is 11.3. The van der Waals surface area contributed by atoms with Gasteiger partial charge in [0.1, 0.15) is 0 Å². The molecule has 4 nitrogen and oxygen atoms in total. The molecule has 1 aromatic heterocycles. The Morgan fingerprint density at radius 3 is 2.57 bits per heavy atom. The minimum absolute atomic E-state index is 0.100. The van der Waals surface area contributed by atoms with Gasteiger partial charge in [-0.25, -0.2) is 0 Å². The van der Waals surface area contributed by atoms with Crippen molar-refractivity contribution in [1.29, 1.82) is 0 Å². The number of likely N-dealkylation sites (tertiary alicyclic amines) is 1. The number of carbonyl (C=O) groups excluding carboxylic acids is 2. The predicted octanol–water partition coefficient (Wildman–Crippen LogP) is 5.03. The molecule has 4 rings (SSSR count). The molecule has 1 aliphatic heterocycles. The summed E-state index contributed by atoms with van der Waals surface area (Å²) in [5.74, 6) is 1.03. The zero-order valence-corrected chi connectivity index (χ0v) is 18.9. The van der Waals surface area contributed by atoms with Gasteiger partial charge >= 0.3 is 0 Å². The molecule has 0 spiro atoms. The molecule has 30 heavy (non-hydrogen) atoms. The van der Waals surface area contributed by atoms with E-state index >= 15 is 0 Å². The number of thiophene rings is 1. The van der Waals surface area contributed by atoms with Crippen LogP contribution < -0.4 is 0 Å². The van der Waals surface area contributed by atoms with Crippen molar-refractivity contribution < 1.29 is 9.59 Å². The highest BCUT2D eigenvalue weighted by Crippen LogP contribution is 2.34. The van der Waals surface area contributed by atoms with Crippen LogP contribution in [0.2, 0.25) is 0 Å². The van der Waals surface area contributed by atoms with E-state index in [2.05, 4.69) is 24.1 Å². The average Bonchev–Trinajstić information content (AvgIpc) is 3.20. The lowest BCUT2D eigenvalue weighted by molar-refractivity contribution is 0.0518. The molecule has 0 saturated carbocycles. The maximum atomic E-state index is 13.5. The van der Waals surface area contributed by atoms with Gasteiger partial charge in [0, 0.05) is 41.5 Å². The maximum absolute atomic E-state index is 13.5. The van der Waals surface area contributed by atoms with Crippen LogP contribution in [-0.2, 0) is 12.8 Å². The van der Waals surface area contributed by atoms with Gasteiger partial charge in [-0.1, -0.05) is 32.0 Å². The van der Waals surface area contributed by atoms with Crippen molar-refractivity contribution in [3.05, 3.63) is 57.3 Å². The minimum Gasteiger partial charge on any atom is -0.338 e. The predicted molar refractivity (Wildman–Crippen MR) is 122 cm³/mol. The zero-order chi connectivity index (χ0) is 21.1. The first-order valence-corrected chi connectivity index (χ1v) is 12.2. The Bertz CT molecular complexity index is 884. The van der Waals surface area contributed by atoms with Gasteiger partial charge in [0.15, 0.2) is 0 Å². The number of hydrogen-bond donors (Lipinski definition) is 0. The Morgan fingerprint density at radius 1 is 1.13 bits per heavy atom. The second-order valence-electron chi connectivity index (χ2n) is 8.79. The van der Waals surface area contributed by atoms with E-state index < -0.39 is 0 Å². The lowest BCUT2D eigenvalue weighted by Crippen LogP contribution is -2.49. The molecule has 1 aromatic carbocycles. The van der Waals surface area contributed by atoms with E-state index in [1.165, 1.54) is 16.9 Å². The van der Waals surface area contributed by atoms with Crippen molar-refractivity contribution in [1.82, 2.24) is 9.80 Å². The number of rotatable bonds is 5. The van der Waals surface area contributed by atoms with Gasteiger partial charge in [-0.05, 0) is 62.1 Å². The van der Waals surface area contributed by atoms with Gasteiger partial charge in [-0.15, -0.1) is 11.3 Å². The fourth-order valence-electron chi connectivity index (χ4n) is 4.85. The molecule has 160 valence electrons. The van der Waals surface area contributed by atoms with Crippen LogP contribution in [0.1, 0.15) is 70.7 Å². The third-order valence-corrected chi connectivity index (χ3v) is 7.62. The third-order valence-electron chi connectivity index (χ3n) is 6.57. The molecule has 2 heterocycles. The van der Waals surface area contributed by atoms with Crippen molar-refractivity contribution in [2.24, 2.45) is 5.92 Å². The van der Waals surface area contributed by atoms with Gasteiger partial charge < -0.3 is 9.80 Å². The van der Waals surface area contributed by atoms with E-state index in [0.29, 0.717) is 13.1 Å². The molecule has 2 amide bonds. The summed E-state index contributed by atoms with van der Waals surface area (Å²) in [6.07, 6.45) is 5.99. The second-order valence-corrected chi connectivity index (χ2v) is 9.75. The van der Waals surface area contributed by atoms with E-state index in [1.807, 2.05) is 35.2 Å². The Morgan fingerprint density at radius 2 is 1.87 bits per heavy atom. The summed E-state index contributed by atoms with van der Waals surface area (Å²) in [7, 11) is 0. The fourth-order valence-corrected chi connectivity index (χ4v) is 6.08. The van der Waals surface area contributed by atoms with Gasteiger partial charge in [-0.2, -0.15) is 0 Å². The van der Waals surface area contributed by atoms with Crippen LogP contribution in [0.25, 0.3) is 0 Å². The van der Waals surface area contributed by atoms with Gasteiger partial charge in [0.2, 0.25) is 0 Å². The SMILES string of the molecule is CCCN(C(=O)c1csc2c1CCC(C)C2)C1CCN(C(=O)c2ccccc2)CC1. The molecule has 0 radical (unpaired) electrons. The standard InChI is InChI=1S/C25H32N2O2S/c1-3-13-27(25(29)22-17-30-23-16-18(2)9-10-21(22)23)20-11-14-26(15-12-20)24(28)19-7-5-4-6-8-19/h4-8,17-18,20H,3,9-16H2,1-2H3. The summed E-state index contributed by atoms with van der Waals surface area (Å²) >= 11 is 1.77. The molecule has 0 N–H and O–H groups in total. The molecule has 2 aliphatic rings. The normalized spacial score (nSPS) is 19.4. The number of hydrogen-bond acceptors (Lipinski definition) is 3. The highest BCUT2D eigenvalue weighted by molar-refractivity contribution is 7.10. The summed E-state index contributed by atoms with van der Waals surface area (Å²) in [5.41, 5.74) is 3.00. The molecule has 1 fully saturated rings. The number of nitrogens with zero attached hydrogens (tertiary/aromatic N) is 2. The van der Waals surface area contributed by atoms with Gasteiger partial charge in [-0.3, -0.25) is 9.59 Å². The maximum Gasteiger partial charge on any atom is 0.255 e. The van der Waals surface area contributed by atoms with E-state index in [-0.39, 0.29) is 17.9 Å². The van der Waals surface area contributed by atoms with E-state index in [4.69, 9.17) is 0 Å². The first kappa shape index (κ1) is 21.1. The number of benzene rings is 1. The Hall–Kier alpha value is -2.14. The Labute approximate surface area is 183 Å². The van der Waals surface area contributed by atoms with E-state index in [1.54, 1.807) is 11.3 Å². The Kier molecular flexibility index (Phi) is 6.57. The van der Waals surface area contributed by atoms with Crippen molar-refractivity contribution in [3.63, 3.8) is 0 Å². The van der Waals surface area contributed by atoms with Crippen molar-refractivity contribution >= 4 is 23.2 Å². The molecule has 1 atom stereocenters. The smallest absolute Gasteiger partial charge is 0.255 e. The Balaban J connectivity index is 1.44. The summed E-state index contributed by atoms with van der Waals surface area (Å²) in [4.78, 5) is 31.7. The van der Waals surface area contributed by atoms with Crippen LogP contribution in [0.3, 0.4) is 0 Å². The summed E-state index contributed by atoms with van der Waals surface area (Å²) in [5, 5.41) is 2.10. The van der Waals surface area contributed by atoms with Crippen LogP contribution in [0.15, 0.2) is 35.7 Å². The largest absolute Gasteiger partial charge is 0.338 e.